The fourth-order valence-electron chi connectivity index (χ4n) is 2.80. The Kier molecular flexibility index (Phi) is 5.98. The first-order valence-corrected chi connectivity index (χ1v) is 8.56. The number of hydrogen-bond donors (Lipinski definition) is 1. The first-order valence-electron chi connectivity index (χ1n) is 8.56. The summed E-state index contributed by atoms with van der Waals surface area (Å²) in [5, 5.41) is 3.35. The first kappa shape index (κ1) is 17.4. The Labute approximate surface area is 148 Å². The Bertz CT molecular complexity index is 687. The smallest absolute Gasteiger partial charge is 0.259 e. The van der Waals surface area contributed by atoms with Crippen molar-refractivity contribution < 1.29 is 9.53 Å². The Morgan fingerprint density at radius 3 is 2.76 bits per heavy atom. The van der Waals surface area contributed by atoms with Gasteiger partial charge in [0, 0.05) is 51.3 Å². The van der Waals surface area contributed by atoms with E-state index in [0.29, 0.717) is 5.56 Å². The molecule has 0 aliphatic carbocycles. The van der Waals surface area contributed by atoms with E-state index in [9.17, 15) is 4.79 Å². The fraction of sp³-hybridized carbons (Fsp3) is 0.368. The number of pyridine rings is 1. The van der Waals surface area contributed by atoms with Crippen LogP contribution in [0.25, 0.3) is 0 Å². The first-order chi connectivity index (χ1) is 12.2. The molecule has 0 atom stereocenters. The van der Waals surface area contributed by atoms with E-state index in [1.807, 2.05) is 36.4 Å². The van der Waals surface area contributed by atoms with Gasteiger partial charge in [-0.15, -0.1) is 0 Å². The Morgan fingerprint density at radius 2 is 2.00 bits per heavy atom. The molecule has 1 amide bonds. The summed E-state index contributed by atoms with van der Waals surface area (Å²) in [6, 6.07) is 11.4. The highest BCUT2D eigenvalue weighted by Gasteiger charge is 2.14. The molecule has 3 rings (SSSR count). The number of rotatable bonds is 6. The van der Waals surface area contributed by atoms with Gasteiger partial charge < -0.3 is 15.0 Å². The predicted octanol–water partition coefficient (Wildman–Crippen LogP) is 2.10. The molecule has 1 saturated heterocycles. The number of carbonyl (C=O) groups excluding carboxylic acids is 1. The van der Waals surface area contributed by atoms with Gasteiger partial charge in [-0.25, -0.2) is 0 Å². The van der Waals surface area contributed by atoms with E-state index < -0.39 is 0 Å². The van der Waals surface area contributed by atoms with Crippen LogP contribution >= 0.6 is 0 Å². The molecule has 0 spiro atoms. The SMILES string of the molecule is CN(C(=O)c1cncc(NCCN2CCOCC2)c1)c1ccccc1. The van der Waals surface area contributed by atoms with E-state index in [0.717, 1.165) is 50.8 Å². The van der Waals surface area contributed by atoms with Gasteiger partial charge in [0.1, 0.15) is 0 Å². The maximum atomic E-state index is 12.7. The number of morpholine rings is 1. The number of ether oxygens (including phenoxy) is 1. The average Bonchev–Trinajstić information content (AvgIpc) is 2.68. The van der Waals surface area contributed by atoms with Crippen molar-refractivity contribution in [2.45, 2.75) is 0 Å². The van der Waals surface area contributed by atoms with Crippen LogP contribution in [-0.4, -0.2) is 62.2 Å². The van der Waals surface area contributed by atoms with Gasteiger partial charge in [0.15, 0.2) is 0 Å². The van der Waals surface area contributed by atoms with Crippen molar-refractivity contribution in [2.24, 2.45) is 0 Å². The zero-order chi connectivity index (χ0) is 17.5. The molecule has 1 N–H and O–H groups in total. The summed E-state index contributed by atoms with van der Waals surface area (Å²) >= 11 is 0. The molecule has 132 valence electrons. The maximum Gasteiger partial charge on any atom is 0.259 e. The number of amides is 1. The number of nitrogens with one attached hydrogen (secondary N) is 1. The van der Waals surface area contributed by atoms with Gasteiger partial charge in [-0.2, -0.15) is 0 Å². The van der Waals surface area contributed by atoms with Crippen LogP contribution in [0.1, 0.15) is 10.4 Å². The molecule has 6 heteroatoms. The fourth-order valence-corrected chi connectivity index (χ4v) is 2.80. The van der Waals surface area contributed by atoms with Gasteiger partial charge in [0.25, 0.3) is 5.91 Å². The summed E-state index contributed by atoms with van der Waals surface area (Å²) < 4.78 is 5.35. The highest BCUT2D eigenvalue weighted by atomic mass is 16.5. The molecule has 6 nitrogen and oxygen atoms in total. The van der Waals surface area contributed by atoms with Crippen molar-refractivity contribution in [3.05, 3.63) is 54.4 Å². The molecule has 0 bridgehead atoms. The van der Waals surface area contributed by atoms with Crippen LogP contribution in [0.4, 0.5) is 11.4 Å². The van der Waals surface area contributed by atoms with Crippen LogP contribution in [-0.2, 0) is 4.74 Å². The zero-order valence-electron chi connectivity index (χ0n) is 14.5. The minimum absolute atomic E-state index is 0.0736. The molecule has 0 unspecified atom stereocenters. The number of para-hydroxylation sites is 1. The van der Waals surface area contributed by atoms with Crippen molar-refractivity contribution in [3.63, 3.8) is 0 Å². The van der Waals surface area contributed by atoms with E-state index in [1.165, 1.54) is 0 Å². The van der Waals surface area contributed by atoms with Crippen LogP contribution in [0, 0.1) is 0 Å². The van der Waals surface area contributed by atoms with Crippen LogP contribution < -0.4 is 10.2 Å². The highest BCUT2D eigenvalue weighted by Crippen LogP contribution is 2.16. The zero-order valence-corrected chi connectivity index (χ0v) is 14.5. The number of aromatic nitrogens is 1. The molecule has 1 aromatic heterocycles. The predicted molar refractivity (Wildman–Crippen MR) is 99.2 cm³/mol. The third kappa shape index (κ3) is 4.78. The molecule has 2 aromatic rings. The normalized spacial score (nSPS) is 14.9. The largest absolute Gasteiger partial charge is 0.382 e. The minimum Gasteiger partial charge on any atom is -0.382 e. The molecule has 2 heterocycles. The van der Waals surface area contributed by atoms with Gasteiger partial charge in [0.2, 0.25) is 0 Å². The molecule has 1 aliphatic rings. The molecule has 1 aromatic carbocycles. The molecule has 1 fully saturated rings. The molecule has 0 saturated carbocycles. The number of anilines is 2. The van der Waals surface area contributed by atoms with Crippen molar-refractivity contribution in [3.8, 4) is 0 Å². The molecule has 1 aliphatic heterocycles. The van der Waals surface area contributed by atoms with E-state index in [4.69, 9.17) is 4.74 Å². The second-order valence-corrected chi connectivity index (χ2v) is 6.04. The topological polar surface area (TPSA) is 57.7 Å². The molecule has 25 heavy (non-hydrogen) atoms. The lowest BCUT2D eigenvalue weighted by atomic mass is 10.2. The third-order valence-electron chi connectivity index (χ3n) is 4.29. The summed E-state index contributed by atoms with van der Waals surface area (Å²) in [6.45, 7) is 5.31. The minimum atomic E-state index is -0.0736. The molecular weight excluding hydrogens is 316 g/mol. The lowest BCUT2D eigenvalue weighted by Gasteiger charge is -2.26. The second-order valence-electron chi connectivity index (χ2n) is 6.04. The van der Waals surface area contributed by atoms with Gasteiger partial charge in [-0.05, 0) is 18.2 Å². The maximum absolute atomic E-state index is 12.7. The Hall–Kier alpha value is -2.44. The van der Waals surface area contributed by atoms with E-state index >= 15 is 0 Å². The third-order valence-corrected chi connectivity index (χ3v) is 4.29. The van der Waals surface area contributed by atoms with E-state index in [2.05, 4.69) is 15.2 Å². The lowest BCUT2D eigenvalue weighted by Crippen LogP contribution is -2.39. The average molecular weight is 340 g/mol. The van der Waals surface area contributed by atoms with Crippen molar-refractivity contribution in [2.75, 3.05) is 56.7 Å². The monoisotopic (exact) mass is 340 g/mol. The van der Waals surface area contributed by atoms with Crippen LogP contribution in [0.3, 0.4) is 0 Å². The van der Waals surface area contributed by atoms with Crippen molar-refractivity contribution in [1.82, 2.24) is 9.88 Å². The van der Waals surface area contributed by atoms with E-state index in [-0.39, 0.29) is 5.91 Å². The lowest BCUT2D eigenvalue weighted by molar-refractivity contribution is 0.0398. The van der Waals surface area contributed by atoms with E-state index in [1.54, 1.807) is 24.3 Å². The number of carbonyl (C=O) groups is 1. The number of nitrogens with zero attached hydrogens (tertiary/aromatic N) is 3. The summed E-state index contributed by atoms with van der Waals surface area (Å²) in [5.41, 5.74) is 2.29. The van der Waals surface area contributed by atoms with Gasteiger partial charge >= 0.3 is 0 Å². The molecular formula is C19H24N4O2. The highest BCUT2D eigenvalue weighted by molar-refractivity contribution is 6.05. The summed E-state index contributed by atoms with van der Waals surface area (Å²) in [7, 11) is 1.77. The summed E-state index contributed by atoms with van der Waals surface area (Å²) in [6.07, 6.45) is 3.35. The second kappa shape index (κ2) is 8.60. The van der Waals surface area contributed by atoms with Gasteiger partial charge in [0.05, 0.1) is 24.5 Å². The summed E-state index contributed by atoms with van der Waals surface area (Å²) in [5.74, 6) is -0.0736. The number of hydrogen-bond acceptors (Lipinski definition) is 5. The van der Waals surface area contributed by atoms with Crippen LogP contribution in [0.15, 0.2) is 48.8 Å². The van der Waals surface area contributed by atoms with Crippen molar-refractivity contribution >= 4 is 17.3 Å². The summed E-state index contributed by atoms with van der Waals surface area (Å²) in [4.78, 5) is 20.9. The molecule has 0 radical (unpaired) electrons. The van der Waals surface area contributed by atoms with Crippen molar-refractivity contribution in [1.29, 1.82) is 0 Å². The standard InChI is InChI=1S/C19H24N4O2/c1-22(18-5-3-2-4-6-18)19(24)16-13-17(15-20-14-16)21-7-8-23-9-11-25-12-10-23/h2-6,13-15,21H,7-12H2,1H3. The van der Waals surface area contributed by atoms with Crippen LogP contribution in [0.5, 0.6) is 0 Å². The Morgan fingerprint density at radius 1 is 1.24 bits per heavy atom. The number of benzene rings is 1. The van der Waals surface area contributed by atoms with Gasteiger partial charge in [-0.3, -0.25) is 14.7 Å². The van der Waals surface area contributed by atoms with Crippen LogP contribution in [0.2, 0.25) is 0 Å². The van der Waals surface area contributed by atoms with Gasteiger partial charge in [-0.1, -0.05) is 18.2 Å². The Balaban J connectivity index is 1.58. The quantitative estimate of drug-likeness (QED) is 0.873.